The summed E-state index contributed by atoms with van der Waals surface area (Å²) in [5.74, 6) is -0.844. The molecule has 0 saturated heterocycles. The number of carbonyl (C=O) groups is 3. The van der Waals surface area contributed by atoms with Gasteiger partial charge in [-0.3, -0.25) is 4.79 Å². The quantitative estimate of drug-likeness (QED) is 0.440. The number of ether oxygens (including phenoxy) is 3. The number of benzene rings is 2. The molecule has 0 bridgehead atoms. The first-order valence-corrected chi connectivity index (χ1v) is 9.06. The van der Waals surface area contributed by atoms with Crippen LogP contribution in [0.25, 0.3) is 10.8 Å². The molecule has 1 atom stereocenters. The molecule has 0 spiro atoms. The second-order valence-electron chi connectivity index (χ2n) is 6.49. The number of fused-ring (bicyclic) bond motifs is 1. The van der Waals surface area contributed by atoms with Crippen molar-refractivity contribution in [3.05, 3.63) is 53.2 Å². The lowest BCUT2D eigenvalue weighted by Gasteiger charge is -2.30. The molecule has 1 unspecified atom stereocenters. The minimum atomic E-state index is -0.862. The van der Waals surface area contributed by atoms with Crippen LogP contribution >= 0.6 is 0 Å². The number of nitrogens with one attached hydrogen (secondary N) is 2. The van der Waals surface area contributed by atoms with E-state index >= 15 is 0 Å². The van der Waals surface area contributed by atoms with E-state index in [9.17, 15) is 14.4 Å². The third-order valence-electron chi connectivity index (χ3n) is 4.48. The zero-order valence-electron chi connectivity index (χ0n) is 16.4. The van der Waals surface area contributed by atoms with E-state index in [0.29, 0.717) is 11.3 Å². The Kier molecular flexibility index (Phi) is 6.13. The molecule has 3 rings (SSSR count). The van der Waals surface area contributed by atoms with Crippen LogP contribution in [0.4, 0.5) is 4.79 Å². The average Bonchev–Trinajstić information content (AvgIpc) is 2.66. The molecule has 29 heavy (non-hydrogen) atoms. The van der Waals surface area contributed by atoms with E-state index < -0.39 is 24.0 Å². The molecular formula is C21H22N2O6. The normalized spacial score (nSPS) is 16.2. The van der Waals surface area contributed by atoms with Crippen molar-refractivity contribution in [2.24, 2.45) is 0 Å². The van der Waals surface area contributed by atoms with Gasteiger partial charge in [0.05, 0.1) is 18.2 Å². The number of esters is 2. The third kappa shape index (κ3) is 4.38. The second kappa shape index (κ2) is 8.74. The smallest absolute Gasteiger partial charge is 0.338 e. The van der Waals surface area contributed by atoms with Crippen LogP contribution in [0.2, 0.25) is 0 Å². The van der Waals surface area contributed by atoms with Crippen molar-refractivity contribution in [2.45, 2.75) is 19.9 Å². The van der Waals surface area contributed by atoms with Crippen molar-refractivity contribution < 1.29 is 28.6 Å². The average molecular weight is 398 g/mol. The van der Waals surface area contributed by atoms with Gasteiger partial charge in [0.25, 0.3) is 0 Å². The van der Waals surface area contributed by atoms with Gasteiger partial charge in [0, 0.05) is 25.3 Å². The molecule has 2 N–H and O–H groups in total. The van der Waals surface area contributed by atoms with Gasteiger partial charge in [-0.05, 0) is 23.8 Å². The molecule has 8 nitrogen and oxygen atoms in total. The summed E-state index contributed by atoms with van der Waals surface area (Å²) >= 11 is 0. The highest BCUT2D eigenvalue weighted by Crippen LogP contribution is 2.38. The standard InChI is InChI=1S/C21H22N2O6/c1-12-17(20(25)28-11-10-27-3)19(23-21(26)22-12)18-15-7-5-4-6-14(15)8-9-16(18)29-13(2)24/h4-9,19H,10-11H2,1-3H3,(H2,22,23,26). The molecule has 1 heterocycles. The van der Waals surface area contributed by atoms with E-state index in [0.717, 1.165) is 10.8 Å². The Bertz CT molecular complexity index is 998. The molecule has 1 aliphatic rings. The summed E-state index contributed by atoms with van der Waals surface area (Å²) in [6, 6.07) is 9.58. The molecule has 1 aliphatic heterocycles. The predicted octanol–water partition coefficient (Wildman–Crippen LogP) is 2.58. The molecule has 8 heteroatoms. The number of urea groups is 1. The highest BCUT2D eigenvalue weighted by Gasteiger charge is 2.35. The molecule has 0 saturated carbocycles. The molecule has 2 amide bonds. The zero-order valence-corrected chi connectivity index (χ0v) is 16.4. The van der Waals surface area contributed by atoms with Gasteiger partial charge in [0.2, 0.25) is 0 Å². The number of hydrogen-bond acceptors (Lipinski definition) is 6. The van der Waals surface area contributed by atoms with E-state index in [1.807, 2.05) is 30.3 Å². The maximum Gasteiger partial charge on any atom is 0.338 e. The largest absolute Gasteiger partial charge is 0.460 e. The fraction of sp³-hybridized carbons (Fsp3) is 0.286. The Morgan fingerprint density at radius 2 is 1.86 bits per heavy atom. The summed E-state index contributed by atoms with van der Waals surface area (Å²) in [5.41, 5.74) is 1.10. The Hall–Kier alpha value is -3.39. The minimum Gasteiger partial charge on any atom is -0.460 e. The third-order valence-corrected chi connectivity index (χ3v) is 4.48. The summed E-state index contributed by atoms with van der Waals surface area (Å²) < 4.78 is 15.6. The zero-order chi connectivity index (χ0) is 21.0. The molecule has 0 fully saturated rings. The van der Waals surface area contributed by atoms with Gasteiger partial charge in [0.15, 0.2) is 0 Å². The molecule has 152 valence electrons. The molecule has 2 aromatic carbocycles. The summed E-state index contributed by atoms with van der Waals surface area (Å²) in [4.78, 5) is 36.7. The molecule has 0 aliphatic carbocycles. The number of amides is 2. The van der Waals surface area contributed by atoms with Crippen molar-refractivity contribution in [1.29, 1.82) is 0 Å². The van der Waals surface area contributed by atoms with Gasteiger partial charge in [-0.15, -0.1) is 0 Å². The maximum absolute atomic E-state index is 12.8. The van der Waals surface area contributed by atoms with E-state index in [-0.39, 0.29) is 24.5 Å². The molecular weight excluding hydrogens is 376 g/mol. The van der Waals surface area contributed by atoms with Gasteiger partial charge >= 0.3 is 18.0 Å². The number of allylic oxidation sites excluding steroid dienone is 1. The van der Waals surface area contributed by atoms with Crippen molar-refractivity contribution in [3.8, 4) is 5.75 Å². The Labute approximate surface area is 167 Å². The van der Waals surface area contributed by atoms with Crippen LogP contribution in [-0.4, -0.2) is 38.3 Å². The fourth-order valence-corrected chi connectivity index (χ4v) is 3.29. The Morgan fingerprint density at radius 3 is 2.59 bits per heavy atom. The Balaban J connectivity index is 2.16. The van der Waals surface area contributed by atoms with Gasteiger partial charge < -0.3 is 24.8 Å². The van der Waals surface area contributed by atoms with E-state index in [1.165, 1.54) is 14.0 Å². The SMILES string of the molecule is COCCOC(=O)C1=C(C)NC(=O)NC1c1c(OC(C)=O)ccc2ccccc12. The van der Waals surface area contributed by atoms with Gasteiger partial charge in [-0.2, -0.15) is 0 Å². The van der Waals surface area contributed by atoms with E-state index in [2.05, 4.69) is 10.6 Å². The van der Waals surface area contributed by atoms with Crippen molar-refractivity contribution in [1.82, 2.24) is 10.6 Å². The summed E-state index contributed by atoms with van der Waals surface area (Å²) in [5, 5.41) is 6.97. The van der Waals surface area contributed by atoms with Crippen molar-refractivity contribution in [3.63, 3.8) is 0 Å². The highest BCUT2D eigenvalue weighted by molar-refractivity contribution is 5.98. The van der Waals surface area contributed by atoms with E-state index in [1.54, 1.807) is 13.0 Å². The van der Waals surface area contributed by atoms with Crippen molar-refractivity contribution >= 4 is 28.7 Å². The summed E-state index contributed by atoms with van der Waals surface area (Å²) in [7, 11) is 1.50. The lowest BCUT2D eigenvalue weighted by molar-refractivity contribution is -0.140. The van der Waals surface area contributed by atoms with Gasteiger partial charge in [-0.25, -0.2) is 9.59 Å². The summed E-state index contributed by atoms with van der Waals surface area (Å²) in [6.45, 7) is 3.23. The molecule has 2 aromatic rings. The van der Waals surface area contributed by atoms with Crippen LogP contribution in [0.3, 0.4) is 0 Å². The van der Waals surface area contributed by atoms with Crippen molar-refractivity contribution in [2.75, 3.05) is 20.3 Å². The molecule has 0 radical (unpaired) electrons. The first-order valence-electron chi connectivity index (χ1n) is 9.06. The maximum atomic E-state index is 12.8. The van der Waals surface area contributed by atoms with E-state index in [4.69, 9.17) is 14.2 Å². The van der Waals surface area contributed by atoms with Gasteiger partial charge in [-0.1, -0.05) is 30.3 Å². The lowest BCUT2D eigenvalue weighted by Crippen LogP contribution is -2.45. The van der Waals surface area contributed by atoms with Crippen LogP contribution in [0.1, 0.15) is 25.5 Å². The fourth-order valence-electron chi connectivity index (χ4n) is 3.29. The van der Waals surface area contributed by atoms with Gasteiger partial charge in [0.1, 0.15) is 12.4 Å². The molecule has 0 aromatic heterocycles. The van der Waals surface area contributed by atoms with Crippen LogP contribution in [0.15, 0.2) is 47.7 Å². The monoisotopic (exact) mass is 398 g/mol. The first-order chi connectivity index (χ1) is 13.9. The lowest BCUT2D eigenvalue weighted by atomic mass is 9.90. The van der Waals surface area contributed by atoms with Crippen LogP contribution < -0.4 is 15.4 Å². The van der Waals surface area contributed by atoms with Crippen LogP contribution in [0, 0.1) is 0 Å². The first kappa shape index (κ1) is 20.3. The van der Waals surface area contributed by atoms with Crippen LogP contribution in [0.5, 0.6) is 5.75 Å². The number of carbonyl (C=O) groups excluding carboxylic acids is 3. The van der Waals surface area contributed by atoms with Crippen LogP contribution in [-0.2, 0) is 19.1 Å². The summed E-state index contributed by atoms with van der Waals surface area (Å²) in [6.07, 6.45) is 0. The minimum absolute atomic E-state index is 0.0686. The number of hydrogen-bond donors (Lipinski definition) is 2. The predicted molar refractivity (Wildman–Crippen MR) is 105 cm³/mol. The highest BCUT2D eigenvalue weighted by atomic mass is 16.6. The number of methoxy groups -OCH3 is 1. The number of rotatable bonds is 6. The topological polar surface area (TPSA) is 103 Å². The second-order valence-corrected chi connectivity index (χ2v) is 6.49. The Morgan fingerprint density at radius 1 is 1.10 bits per heavy atom.